The van der Waals surface area contributed by atoms with Crippen molar-refractivity contribution in [1.82, 2.24) is 5.43 Å². The van der Waals surface area contributed by atoms with E-state index >= 15 is 0 Å². The number of rotatable bonds is 5. The summed E-state index contributed by atoms with van der Waals surface area (Å²) < 4.78 is 0. The number of carbonyl (C=O) groups is 1. The van der Waals surface area contributed by atoms with E-state index in [1.54, 1.807) is 30.3 Å². The van der Waals surface area contributed by atoms with Gasteiger partial charge in [0.15, 0.2) is 0 Å². The molecule has 3 N–H and O–H groups in total. The van der Waals surface area contributed by atoms with Gasteiger partial charge in [-0.2, -0.15) is 5.10 Å². The second-order valence-electron chi connectivity index (χ2n) is 4.68. The maximum Gasteiger partial charge on any atom is 0.288 e. The molecule has 0 unspecified atom stereocenters. The van der Waals surface area contributed by atoms with Gasteiger partial charge in [-0.1, -0.05) is 29.8 Å². The van der Waals surface area contributed by atoms with Crippen LogP contribution in [0.4, 0.5) is 11.4 Å². The van der Waals surface area contributed by atoms with E-state index in [4.69, 9.17) is 17.3 Å². The average molecular weight is 333 g/mol. The number of nitro groups is 1. The normalized spacial score (nSPS) is 10.7. The van der Waals surface area contributed by atoms with Gasteiger partial charge in [0.05, 0.1) is 17.6 Å². The van der Waals surface area contributed by atoms with Crippen LogP contribution >= 0.6 is 11.6 Å². The third-order valence-corrected chi connectivity index (χ3v) is 3.23. The monoisotopic (exact) mass is 332 g/mol. The molecule has 0 atom stereocenters. The number of halogens is 1. The number of nitrogens with one attached hydrogen (secondary N) is 1. The van der Waals surface area contributed by atoms with E-state index in [1.807, 2.05) is 0 Å². The first-order chi connectivity index (χ1) is 11.0. The summed E-state index contributed by atoms with van der Waals surface area (Å²) in [5, 5.41) is 14.6. The molecule has 0 radical (unpaired) electrons. The van der Waals surface area contributed by atoms with Crippen LogP contribution in [0.5, 0.6) is 0 Å². The second kappa shape index (κ2) is 7.37. The summed E-state index contributed by atoms with van der Waals surface area (Å²) >= 11 is 5.71. The lowest BCUT2D eigenvalue weighted by atomic mass is 10.1. The molecule has 0 spiro atoms. The Balaban J connectivity index is 1.96. The van der Waals surface area contributed by atoms with Gasteiger partial charge in [0, 0.05) is 17.3 Å². The maximum absolute atomic E-state index is 11.7. The molecular formula is C15H13ClN4O3. The Bertz CT molecular complexity index is 760. The Kier molecular flexibility index (Phi) is 5.27. The van der Waals surface area contributed by atoms with Gasteiger partial charge in [-0.05, 0) is 23.8 Å². The highest BCUT2D eigenvalue weighted by Gasteiger charge is 2.11. The number of anilines is 1. The standard InChI is InChI=1S/C15H13ClN4O3/c16-13-6-3-11(7-14(13)20(22)23)9-18-19-15(21)8-10-1-4-12(17)5-2-10/h1-7,9H,8,17H2,(H,19,21)/b18-9-. The first-order valence-corrected chi connectivity index (χ1v) is 6.94. The van der Waals surface area contributed by atoms with Crippen LogP contribution in [-0.4, -0.2) is 17.0 Å². The first-order valence-electron chi connectivity index (χ1n) is 6.56. The number of amides is 1. The molecule has 0 aliphatic heterocycles. The molecule has 0 aliphatic rings. The van der Waals surface area contributed by atoms with Crippen LogP contribution in [0.2, 0.25) is 5.02 Å². The van der Waals surface area contributed by atoms with E-state index in [1.165, 1.54) is 18.3 Å². The summed E-state index contributed by atoms with van der Waals surface area (Å²) in [4.78, 5) is 21.9. The molecule has 0 heterocycles. The van der Waals surface area contributed by atoms with E-state index in [2.05, 4.69) is 10.5 Å². The van der Waals surface area contributed by atoms with Crippen molar-refractivity contribution < 1.29 is 9.72 Å². The molecule has 2 rings (SSSR count). The summed E-state index contributed by atoms with van der Waals surface area (Å²) in [7, 11) is 0. The van der Waals surface area contributed by atoms with Crippen molar-refractivity contribution in [3.05, 3.63) is 68.7 Å². The molecule has 2 aromatic rings. The molecule has 0 fully saturated rings. The van der Waals surface area contributed by atoms with Crippen LogP contribution in [-0.2, 0) is 11.2 Å². The zero-order valence-corrected chi connectivity index (χ0v) is 12.7. The predicted octanol–water partition coefficient (Wildman–Crippen LogP) is 2.52. The fourth-order valence-electron chi connectivity index (χ4n) is 1.79. The Morgan fingerprint density at radius 1 is 1.30 bits per heavy atom. The fraction of sp³-hybridized carbons (Fsp3) is 0.0667. The van der Waals surface area contributed by atoms with E-state index in [9.17, 15) is 14.9 Å². The number of hydrazone groups is 1. The number of hydrogen-bond donors (Lipinski definition) is 2. The van der Waals surface area contributed by atoms with E-state index in [0.717, 1.165) is 5.56 Å². The zero-order chi connectivity index (χ0) is 16.8. The van der Waals surface area contributed by atoms with Crippen LogP contribution in [0.15, 0.2) is 47.6 Å². The lowest BCUT2D eigenvalue weighted by Crippen LogP contribution is -2.19. The molecule has 7 nitrogen and oxygen atoms in total. The number of nitrogens with two attached hydrogens (primary N) is 1. The van der Waals surface area contributed by atoms with Crippen molar-refractivity contribution >= 4 is 35.1 Å². The summed E-state index contributed by atoms with van der Waals surface area (Å²) in [6.07, 6.45) is 1.46. The Labute approximate surface area is 136 Å². The topological polar surface area (TPSA) is 111 Å². The molecule has 0 aliphatic carbocycles. The molecule has 8 heteroatoms. The number of nitrogens with zero attached hydrogens (tertiary/aromatic N) is 2. The lowest BCUT2D eigenvalue weighted by Gasteiger charge is -2.01. The minimum absolute atomic E-state index is 0.0412. The average Bonchev–Trinajstić information content (AvgIpc) is 2.51. The van der Waals surface area contributed by atoms with Crippen LogP contribution in [0.1, 0.15) is 11.1 Å². The van der Waals surface area contributed by atoms with Crippen molar-refractivity contribution in [2.75, 3.05) is 5.73 Å². The highest BCUT2D eigenvalue weighted by molar-refractivity contribution is 6.32. The van der Waals surface area contributed by atoms with Gasteiger partial charge in [-0.3, -0.25) is 14.9 Å². The maximum atomic E-state index is 11.7. The van der Waals surface area contributed by atoms with Gasteiger partial charge < -0.3 is 5.73 Å². The minimum atomic E-state index is -0.584. The smallest absolute Gasteiger partial charge is 0.288 e. The fourth-order valence-corrected chi connectivity index (χ4v) is 1.98. The van der Waals surface area contributed by atoms with Crippen LogP contribution in [0.3, 0.4) is 0 Å². The van der Waals surface area contributed by atoms with E-state index in [0.29, 0.717) is 11.3 Å². The van der Waals surface area contributed by atoms with Gasteiger partial charge in [-0.15, -0.1) is 0 Å². The predicted molar refractivity (Wildman–Crippen MR) is 88.4 cm³/mol. The quantitative estimate of drug-likeness (QED) is 0.379. The number of nitrogen functional groups attached to an aromatic ring is 1. The number of benzene rings is 2. The third kappa shape index (κ3) is 4.79. The molecule has 0 saturated carbocycles. The van der Waals surface area contributed by atoms with Gasteiger partial charge in [0.2, 0.25) is 5.91 Å². The molecule has 2 aromatic carbocycles. The summed E-state index contributed by atoms with van der Waals surface area (Å²) in [5.74, 6) is -0.311. The van der Waals surface area contributed by atoms with Crippen molar-refractivity contribution in [2.24, 2.45) is 5.10 Å². The Hall–Kier alpha value is -2.93. The van der Waals surface area contributed by atoms with Gasteiger partial charge in [-0.25, -0.2) is 5.43 Å². The SMILES string of the molecule is Nc1ccc(CC(=O)N/N=C\c2ccc(Cl)c([N+](=O)[O-])c2)cc1. The minimum Gasteiger partial charge on any atom is -0.399 e. The molecule has 1 amide bonds. The highest BCUT2D eigenvalue weighted by atomic mass is 35.5. The largest absolute Gasteiger partial charge is 0.399 e. The number of carbonyl (C=O) groups excluding carboxylic acids is 1. The first kappa shape index (κ1) is 16.4. The van der Waals surface area contributed by atoms with Gasteiger partial charge in [0.1, 0.15) is 5.02 Å². The molecule has 23 heavy (non-hydrogen) atoms. The van der Waals surface area contributed by atoms with Crippen molar-refractivity contribution in [3.8, 4) is 0 Å². The van der Waals surface area contributed by atoms with Crippen molar-refractivity contribution in [3.63, 3.8) is 0 Å². The Morgan fingerprint density at radius 3 is 2.65 bits per heavy atom. The van der Waals surface area contributed by atoms with Crippen molar-refractivity contribution in [2.45, 2.75) is 6.42 Å². The van der Waals surface area contributed by atoms with Crippen LogP contribution < -0.4 is 11.2 Å². The molecule has 118 valence electrons. The van der Waals surface area contributed by atoms with Crippen LogP contribution in [0, 0.1) is 10.1 Å². The van der Waals surface area contributed by atoms with E-state index in [-0.39, 0.29) is 23.0 Å². The zero-order valence-electron chi connectivity index (χ0n) is 11.9. The summed E-state index contributed by atoms with van der Waals surface area (Å²) in [5.41, 5.74) is 9.57. The van der Waals surface area contributed by atoms with Crippen molar-refractivity contribution in [1.29, 1.82) is 0 Å². The van der Waals surface area contributed by atoms with E-state index < -0.39 is 4.92 Å². The molecule has 0 bridgehead atoms. The third-order valence-electron chi connectivity index (χ3n) is 2.91. The lowest BCUT2D eigenvalue weighted by molar-refractivity contribution is -0.384. The summed E-state index contributed by atoms with van der Waals surface area (Å²) in [6.45, 7) is 0. The number of nitro benzene ring substituents is 1. The molecular weight excluding hydrogens is 320 g/mol. The highest BCUT2D eigenvalue weighted by Crippen LogP contribution is 2.24. The Morgan fingerprint density at radius 2 is 2.00 bits per heavy atom. The van der Waals surface area contributed by atoms with Gasteiger partial charge >= 0.3 is 0 Å². The summed E-state index contributed by atoms with van der Waals surface area (Å²) in [6, 6.07) is 11.2. The molecule has 0 aromatic heterocycles. The number of hydrogen-bond acceptors (Lipinski definition) is 5. The molecule has 0 saturated heterocycles. The second-order valence-corrected chi connectivity index (χ2v) is 5.09. The van der Waals surface area contributed by atoms with Crippen LogP contribution in [0.25, 0.3) is 0 Å². The van der Waals surface area contributed by atoms with Gasteiger partial charge in [0.25, 0.3) is 5.69 Å².